The number of hydroxylamine groups is 4. The highest BCUT2D eigenvalue weighted by molar-refractivity contribution is 7.54. The van der Waals surface area contributed by atoms with Gasteiger partial charge in [0.15, 0.2) is 0 Å². The van der Waals surface area contributed by atoms with Gasteiger partial charge in [-0.3, -0.25) is 4.57 Å². The lowest BCUT2D eigenvalue weighted by atomic mass is 9.92. The molecule has 0 aliphatic rings. The molecule has 7 nitrogen and oxygen atoms in total. The van der Waals surface area contributed by atoms with Gasteiger partial charge in [0.05, 0.1) is 6.04 Å². The fraction of sp³-hybridized carbons (Fsp3) is 0.760. The average Bonchev–Trinajstić information content (AvgIpc) is 2.66. The molecule has 0 bridgehead atoms. The topological polar surface area (TPSA) is 82.5 Å². The molecule has 0 radical (unpaired) electrons. The number of rotatable bonds is 7. The van der Waals surface area contributed by atoms with Gasteiger partial charge in [0.1, 0.15) is 5.78 Å². The van der Waals surface area contributed by atoms with E-state index in [4.69, 9.17) is 9.05 Å². The lowest BCUT2D eigenvalue weighted by Crippen LogP contribution is -2.51. The van der Waals surface area contributed by atoms with Gasteiger partial charge < -0.3 is 19.5 Å². The molecule has 0 heterocycles. The Morgan fingerprint density at radius 3 is 1.45 bits per heavy atom. The Hall–Kier alpha value is -0.790. The van der Waals surface area contributed by atoms with Gasteiger partial charge in [0.2, 0.25) is 0 Å². The first-order valence-electron chi connectivity index (χ1n) is 11.5. The molecule has 1 aromatic rings. The molecule has 2 unspecified atom stereocenters. The average molecular weight is 489 g/mol. The van der Waals surface area contributed by atoms with E-state index in [-0.39, 0.29) is 11.6 Å². The van der Waals surface area contributed by atoms with E-state index in [1.807, 2.05) is 80.5 Å². The molecule has 0 spiro atoms. The molecule has 33 heavy (non-hydrogen) atoms. The van der Waals surface area contributed by atoms with Crippen molar-refractivity contribution < 1.29 is 24.0 Å². The minimum Gasteiger partial charge on any atom is -0.313 e. The van der Waals surface area contributed by atoms with Crippen molar-refractivity contribution in [2.45, 2.75) is 99.1 Å². The fourth-order valence-corrected chi connectivity index (χ4v) is 5.60. The molecule has 194 valence electrons. The Morgan fingerprint density at radius 2 is 1.18 bits per heavy atom. The predicted octanol–water partition coefficient (Wildman–Crippen LogP) is 7.21. The van der Waals surface area contributed by atoms with Crippen molar-refractivity contribution in [1.29, 1.82) is 0 Å². The molecule has 0 fully saturated rings. The Bertz CT molecular complexity index is 728. The molecule has 0 saturated heterocycles. The zero-order chi connectivity index (χ0) is 26.4. The molecule has 2 atom stereocenters. The van der Waals surface area contributed by atoms with Crippen LogP contribution in [0.5, 0.6) is 0 Å². The highest BCUT2D eigenvalue weighted by Crippen LogP contribution is 2.59. The van der Waals surface area contributed by atoms with Crippen LogP contribution in [0.15, 0.2) is 30.3 Å². The number of nitrogens with zero attached hydrogens (tertiary/aromatic N) is 2. The summed E-state index contributed by atoms with van der Waals surface area (Å²) < 4.78 is 22.6. The van der Waals surface area contributed by atoms with Gasteiger partial charge in [-0.25, -0.2) is 0 Å². The first kappa shape index (κ1) is 32.2. The van der Waals surface area contributed by atoms with E-state index in [1.54, 1.807) is 0 Å². The molecule has 0 saturated carbocycles. The summed E-state index contributed by atoms with van der Waals surface area (Å²) in [4.78, 5) is 0. The first-order valence-corrected chi connectivity index (χ1v) is 13.1. The van der Waals surface area contributed by atoms with Gasteiger partial charge in [-0.05, 0) is 58.4 Å². The quantitative estimate of drug-likeness (QED) is 0.310. The molecular formula is C25H49N2O5P. The molecule has 0 amide bonds. The van der Waals surface area contributed by atoms with Crippen molar-refractivity contribution in [3.63, 3.8) is 0 Å². The number of hydrogen-bond acceptors (Lipinski definition) is 7. The minimum absolute atomic E-state index is 0.0428. The van der Waals surface area contributed by atoms with Crippen LogP contribution in [-0.2, 0) is 13.6 Å². The second-order valence-corrected chi connectivity index (χ2v) is 14.1. The number of benzene rings is 1. The van der Waals surface area contributed by atoms with Gasteiger partial charge in [-0.2, -0.15) is 10.1 Å². The summed E-state index contributed by atoms with van der Waals surface area (Å²) >= 11 is 0. The van der Waals surface area contributed by atoms with E-state index in [1.165, 1.54) is 19.3 Å². The maximum absolute atomic E-state index is 12.5. The van der Waals surface area contributed by atoms with Crippen molar-refractivity contribution >= 4 is 7.60 Å². The summed E-state index contributed by atoms with van der Waals surface area (Å²) in [5.74, 6) is -0.364. The molecule has 0 aliphatic carbocycles. The van der Waals surface area contributed by atoms with Crippen LogP contribution in [0.2, 0.25) is 0 Å². The summed E-state index contributed by atoms with van der Waals surface area (Å²) in [5.41, 5.74) is -0.0890. The van der Waals surface area contributed by atoms with Crippen LogP contribution in [0.3, 0.4) is 0 Å². The van der Waals surface area contributed by atoms with Gasteiger partial charge in [0.25, 0.3) is 0 Å². The second-order valence-electron chi connectivity index (χ2n) is 11.8. The largest absolute Gasteiger partial charge is 0.350 e. The summed E-state index contributed by atoms with van der Waals surface area (Å²) in [6.07, 6.45) is 0. The lowest BCUT2D eigenvalue weighted by molar-refractivity contribution is -0.199. The summed E-state index contributed by atoms with van der Waals surface area (Å²) in [5, 5.41) is 23.1. The maximum atomic E-state index is 12.5. The maximum Gasteiger partial charge on any atom is 0.350 e. The highest BCUT2D eigenvalue weighted by Gasteiger charge is 2.49. The van der Waals surface area contributed by atoms with Gasteiger partial charge in [0, 0.05) is 25.3 Å². The second kappa shape index (κ2) is 12.3. The van der Waals surface area contributed by atoms with Crippen LogP contribution >= 0.6 is 7.60 Å². The van der Waals surface area contributed by atoms with E-state index >= 15 is 0 Å². The van der Waals surface area contributed by atoms with Crippen LogP contribution in [0.1, 0.15) is 87.8 Å². The Balaban J connectivity index is 0.000000621. The van der Waals surface area contributed by atoms with E-state index in [0.717, 1.165) is 10.6 Å². The predicted molar refractivity (Wildman–Crippen MR) is 136 cm³/mol. The van der Waals surface area contributed by atoms with Crippen LogP contribution in [-0.4, -0.2) is 51.6 Å². The molecular weight excluding hydrogens is 439 g/mol. The monoisotopic (exact) mass is 488 g/mol. The number of hydrogen-bond donors (Lipinski definition) is 2. The first-order chi connectivity index (χ1) is 14.7. The minimum atomic E-state index is -3.39. The van der Waals surface area contributed by atoms with Crippen LogP contribution < -0.4 is 0 Å². The molecule has 2 N–H and O–H groups in total. The standard InChI is InChI=1S/C14H23NO.C11H26NO4P/c1-11(2)13(15(16)14(3,4)5)12-9-7-6-8-10-12;1-10(2,3)9(12(13)11(4,5)6)17(14,15-7)16-8/h6-11,13,16H,1-5H3;9,13H,1-8H3. The van der Waals surface area contributed by atoms with Crippen LogP contribution in [0.25, 0.3) is 0 Å². The third kappa shape index (κ3) is 9.41. The summed E-state index contributed by atoms with van der Waals surface area (Å²) in [6, 6.07) is 10.2. The molecule has 8 heteroatoms. The summed E-state index contributed by atoms with van der Waals surface area (Å²) in [7, 11) is -0.724. The van der Waals surface area contributed by atoms with Crippen molar-refractivity contribution in [2.24, 2.45) is 11.3 Å². The molecule has 1 rings (SSSR count). The van der Waals surface area contributed by atoms with Crippen molar-refractivity contribution in [1.82, 2.24) is 10.1 Å². The van der Waals surface area contributed by atoms with Gasteiger partial charge in [-0.15, -0.1) is 0 Å². The zero-order valence-electron chi connectivity index (χ0n) is 23.1. The third-order valence-electron chi connectivity index (χ3n) is 5.23. The smallest absolute Gasteiger partial charge is 0.313 e. The Morgan fingerprint density at radius 1 is 0.788 bits per heavy atom. The Kier molecular flexibility index (Phi) is 12.0. The zero-order valence-corrected chi connectivity index (χ0v) is 24.0. The van der Waals surface area contributed by atoms with Gasteiger partial charge >= 0.3 is 7.60 Å². The van der Waals surface area contributed by atoms with Crippen molar-refractivity contribution in [3.05, 3.63) is 35.9 Å². The molecule has 0 aliphatic heterocycles. The van der Waals surface area contributed by atoms with Crippen molar-refractivity contribution in [2.75, 3.05) is 14.2 Å². The van der Waals surface area contributed by atoms with Crippen LogP contribution in [0.4, 0.5) is 0 Å². The normalized spacial score (nSPS) is 15.5. The van der Waals surface area contributed by atoms with Crippen LogP contribution in [0, 0.1) is 11.3 Å². The van der Waals surface area contributed by atoms with E-state index in [2.05, 4.69) is 26.0 Å². The SMILES string of the molecule is CC(C)C(c1ccccc1)N(O)C(C)(C)C.COP(=O)(OC)C(N(O)C(C)(C)C)C(C)(C)C. The summed E-state index contributed by atoms with van der Waals surface area (Å²) in [6.45, 7) is 21.5. The lowest BCUT2D eigenvalue weighted by Gasteiger charge is -2.44. The van der Waals surface area contributed by atoms with E-state index in [0.29, 0.717) is 5.92 Å². The van der Waals surface area contributed by atoms with E-state index < -0.39 is 24.3 Å². The molecule has 1 aromatic carbocycles. The van der Waals surface area contributed by atoms with Gasteiger partial charge in [-0.1, -0.05) is 65.0 Å². The fourth-order valence-electron chi connectivity index (χ4n) is 3.49. The third-order valence-corrected chi connectivity index (χ3v) is 7.84. The highest BCUT2D eigenvalue weighted by atomic mass is 31.2. The molecule has 0 aromatic heterocycles. The van der Waals surface area contributed by atoms with E-state index in [9.17, 15) is 15.0 Å². The Labute approximate surface area is 202 Å². The van der Waals surface area contributed by atoms with Crippen molar-refractivity contribution in [3.8, 4) is 0 Å².